The van der Waals surface area contributed by atoms with Gasteiger partial charge in [0.05, 0.1) is 0 Å². The molecule has 0 saturated carbocycles. The van der Waals surface area contributed by atoms with E-state index in [9.17, 15) is 9.18 Å². The largest absolute Gasteiger partial charge is 0.350 e. The second-order valence-corrected chi connectivity index (χ2v) is 6.34. The second kappa shape index (κ2) is 7.09. The Labute approximate surface area is 139 Å². The van der Waals surface area contributed by atoms with Crippen LogP contribution in [0.1, 0.15) is 42.4 Å². The zero-order valence-corrected chi connectivity index (χ0v) is 13.8. The molecule has 0 radical (unpaired) electrons. The Hall–Kier alpha value is -2.28. The highest BCUT2D eigenvalue weighted by atomic mass is 19.1. The summed E-state index contributed by atoms with van der Waals surface area (Å²) in [5, 5.41) is 9.81. The lowest BCUT2D eigenvalue weighted by molar-refractivity contribution is 0.0950. The van der Waals surface area contributed by atoms with E-state index in [-0.39, 0.29) is 17.9 Å². The van der Waals surface area contributed by atoms with E-state index in [0.717, 1.165) is 5.56 Å². The molecule has 2 N–H and O–H groups in total. The predicted molar refractivity (Wildman–Crippen MR) is 87.5 cm³/mol. The van der Waals surface area contributed by atoms with Gasteiger partial charge in [-0.25, -0.2) is 4.39 Å². The van der Waals surface area contributed by atoms with E-state index in [2.05, 4.69) is 20.8 Å². The summed E-state index contributed by atoms with van der Waals surface area (Å²) >= 11 is 0. The van der Waals surface area contributed by atoms with Crippen molar-refractivity contribution in [2.24, 2.45) is 0 Å². The number of halogens is 1. The van der Waals surface area contributed by atoms with Gasteiger partial charge in [-0.1, -0.05) is 31.1 Å². The van der Waals surface area contributed by atoms with Crippen LogP contribution < -0.4 is 10.6 Å². The van der Waals surface area contributed by atoms with Gasteiger partial charge in [0.2, 0.25) is 11.7 Å². The minimum Gasteiger partial charge on any atom is -0.350 e. The average molecular weight is 332 g/mol. The summed E-state index contributed by atoms with van der Waals surface area (Å²) in [5.41, 5.74) is 1.33. The predicted octanol–water partition coefficient (Wildman–Crippen LogP) is 2.29. The van der Waals surface area contributed by atoms with Crippen molar-refractivity contribution in [1.82, 2.24) is 20.8 Å². The molecular formula is C17H21FN4O2. The maximum Gasteiger partial charge on any atom is 0.251 e. The Morgan fingerprint density at radius 3 is 2.75 bits per heavy atom. The Morgan fingerprint density at radius 2 is 2.17 bits per heavy atom. The molecule has 1 aliphatic rings. The summed E-state index contributed by atoms with van der Waals surface area (Å²) in [6.07, 6.45) is -0.383. The first-order chi connectivity index (χ1) is 11.5. The van der Waals surface area contributed by atoms with Gasteiger partial charge in [0.15, 0.2) is 0 Å². The van der Waals surface area contributed by atoms with Crippen molar-refractivity contribution in [1.29, 1.82) is 0 Å². The van der Waals surface area contributed by atoms with E-state index in [1.807, 2.05) is 13.8 Å². The fourth-order valence-electron chi connectivity index (χ4n) is 2.60. The lowest BCUT2D eigenvalue weighted by Crippen LogP contribution is -2.37. The molecular weight excluding hydrogens is 311 g/mol. The van der Waals surface area contributed by atoms with Crippen molar-refractivity contribution in [3.8, 4) is 11.4 Å². The first kappa shape index (κ1) is 16.6. The number of alkyl halides is 1. The normalized spacial score (nSPS) is 20.5. The molecule has 2 atom stereocenters. The van der Waals surface area contributed by atoms with Crippen LogP contribution in [0, 0.1) is 0 Å². The number of carbonyl (C=O) groups is 1. The maximum absolute atomic E-state index is 13.1. The number of nitrogens with zero attached hydrogens (tertiary/aromatic N) is 2. The third-order valence-corrected chi connectivity index (χ3v) is 4.02. The van der Waals surface area contributed by atoms with Crippen LogP contribution >= 0.6 is 0 Å². The molecule has 24 heavy (non-hydrogen) atoms. The van der Waals surface area contributed by atoms with Crippen molar-refractivity contribution >= 4 is 5.91 Å². The molecule has 1 amide bonds. The summed E-state index contributed by atoms with van der Waals surface area (Å²) < 4.78 is 18.3. The molecule has 7 heteroatoms. The highest BCUT2D eigenvalue weighted by Gasteiger charge is 2.23. The standard InChI is InChI=1S/C17H21FN4O2/c1-10(2)17-21-15(22-24-17)11-3-5-12(6-4-11)16(23)20-9-14-7-13(18)8-19-14/h3-6,10,13-14,19H,7-9H2,1-2H3,(H,20,23)/t13-,14-/m0/s1. The van der Waals surface area contributed by atoms with E-state index in [1.165, 1.54) is 0 Å². The zero-order valence-electron chi connectivity index (χ0n) is 13.8. The number of rotatable bonds is 5. The maximum atomic E-state index is 13.1. The van der Waals surface area contributed by atoms with Crippen LogP contribution in [-0.4, -0.2) is 41.4 Å². The van der Waals surface area contributed by atoms with Crippen molar-refractivity contribution in [3.63, 3.8) is 0 Å². The number of hydrogen-bond donors (Lipinski definition) is 2. The molecule has 128 valence electrons. The number of amides is 1. The van der Waals surface area contributed by atoms with Crippen LogP contribution in [0.5, 0.6) is 0 Å². The minimum absolute atomic E-state index is 0.00277. The molecule has 0 aliphatic carbocycles. The quantitative estimate of drug-likeness (QED) is 0.878. The molecule has 0 unspecified atom stereocenters. The van der Waals surface area contributed by atoms with Gasteiger partial charge in [0.1, 0.15) is 6.17 Å². The molecule has 2 aromatic rings. The van der Waals surface area contributed by atoms with Crippen molar-refractivity contribution in [3.05, 3.63) is 35.7 Å². The molecule has 1 fully saturated rings. The minimum atomic E-state index is -0.822. The lowest BCUT2D eigenvalue weighted by atomic mass is 10.1. The number of hydrogen-bond acceptors (Lipinski definition) is 5. The van der Waals surface area contributed by atoms with E-state index < -0.39 is 6.17 Å². The first-order valence-corrected chi connectivity index (χ1v) is 8.12. The molecule has 1 saturated heterocycles. The summed E-state index contributed by atoms with van der Waals surface area (Å²) in [6, 6.07) is 7.01. The van der Waals surface area contributed by atoms with Crippen LogP contribution in [0.2, 0.25) is 0 Å². The van der Waals surface area contributed by atoms with Crippen LogP contribution in [0.25, 0.3) is 11.4 Å². The van der Waals surface area contributed by atoms with E-state index in [1.54, 1.807) is 24.3 Å². The SMILES string of the molecule is CC(C)c1nc(-c2ccc(C(=O)NC[C@@H]3C[C@H](F)CN3)cc2)no1. The van der Waals surface area contributed by atoms with Crippen LogP contribution in [0.15, 0.2) is 28.8 Å². The number of carbonyl (C=O) groups excluding carboxylic acids is 1. The zero-order chi connectivity index (χ0) is 17.1. The average Bonchev–Trinajstić information content (AvgIpc) is 3.22. The van der Waals surface area contributed by atoms with Crippen LogP contribution in [0.4, 0.5) is 4.39 Å². The van der Waals surface area contributed by atoms with Gasteiger partial charge in [0, 0.05) is 36.2 Å². The first-order valence-electron chi connectivity index (χ1n) is 8.12. The molecule has 0 bridgehead atoms. The molecule has 6 nitrogen and oxygen atoms in total. The van der Waals surface area contributed by atoms with Crippen LogP contribution in [0.3, 0.4) is 0 Å². The van der Waals surface area contributed by atoms with Gasteiger partial charge in [0.25, 0.3) is 5.91 Å². The van der Waals surface area contributed by atoms with Gasteiger partial charge in [-0.15, -0.1) is 0 Å². The number of nitrogens with one attached hydrogen (secondary N) is 2. The van der Waals surface area contributed by atoms with E-state index >= 15 is 0 Å². The van der Waals surface area contributed by atoms with Crippen molar-refractivity contribution in [2.45, 2.75) is 38.4 Å². The second-order valence-electron chi connectivity index (χ2n) is 6.34. The Bertz CT molecular complexity index is 699. The molecule has 1 aromatic heterocycles. The number of benzene rings is 1. The molecule has 1 aliphatic heterocycles. The molecule has 2 heterocycles. The Kier molecular flexibility index (Phi) is 4.89. The van der Waals surface area contributed by atoms with E-state index in [4.69, 9.17) is 4.52 Å². The topological polar surface area (TPSA) is 80.0 Å². The monoisotopic (exact) mass is 332 g/mol. The lowest BCUT2D eigenvalue weighted by Gasteiger charge is -2.11. The fraction of sp³-hybridized carbons (Fsp3) is 0.471. The third-order valence-electron chi connectivity index (χ3n) is 4.02. The highest BCUT2D eigenvalue weighted by molar-refractivity contribution is 5.94. The summed E-state index contributed by atoms with van der Waals surface area (Å²) in [5.74, 6) is 1.09. The van der Waals surface area contributed by atoms with Gasteiger partial charge in [-0.3, -0.25) is 4.79 Å². The number of aromatic nitrogens is 2. The molecule has 1 aromatic carbocycles. The van der Waals surface area contributed by atoms with E-state index in [0.29, 0.717) is 36.8 Å². The van der Waals surface area contributed by atoms with Gasteiger partial charge in [-0.05, 0) is 18.6 Å². The smallest absolute Gasteiger partial charge is 0.251 e. The fourth-order valence-corrected chi connectivity index (χ4v) is 2.60. The van der Waals surface area contributed by atoms with Gasteiger partial charge < -0.3 is 15.2 Å². The Balaban J connectivity index is 1.60. The summed E-state index contributed by atoms with van der Waals surface area (Å²) in [7, 11) is 0. The van der Waals surface area contributed by atoms with Crippen LogP contribution in [-0.2, 0) is 0 Å². The van der Waals surface area contributed by atoms with Gasteiger partial charge >= 0.3 is 0 Å². The molecule has 0 spiro atoms. The summed E-state index contributed by atoms with van der Waals surface area (Å²) in [4.78, 5) is 16.5. The van der Waals surface area contributed by atoms with Crippen molar-refractivity contribution < 1.29 is 13.7 Å². The summed E-state index contributed by atoms with van der Waals surface area (Å²) in [6.45, 7) is 4.74. The van der Waals surface area contributed by atoms with Gasteiger partial charge in [-0.2, -0.15) is 4.98 Å². The Morgan fingerprint density at radius 1 is 1.42 bits per heavy atom. The third kappa shape index (κ3) is 3.79. The van der Waals surface area contributed by atoms with Crippen molar-refractivity contribution in [2.75, 3.05) is 13.1 Å². The molecule has 3 rings (SSSR count). The highest BCUT2D eigenvalue weighted by Crippen LogP contribution is 2.20.